The van der Waals surface area contributed by atoms with Gasteiger partial charge in [0.15, 0.2) is 0 Å². The molecule has 5 nitrogen and oxygen atoms in total. The van der Waals surface area contributed by atoms with Crippen LogP contribution in [0.2, 0.25) is 0 Å². The molecule has 2 aliphatic rings. The Morgan fingerprint density at radius 1 is 1.21 bits per heavy atom. The van der Waals surface area contributed by atoms with Crippen LogP contribution in [-0.2, 0) is 11.3 Å². The van der Waals surface area contributed by atoms with E-state index in [9.17, 15) is 4.79 Å². The van der Waals surface area contributed by atoms with Crippen LogP contribution in [0.5, 0.6) is 5.75 Å². The van der Waals surface area contributed by atoms with E-state index in [0.717, 1.165) is 67.6 Å². The van der Waals surface area contributed by atoms with Crippen LogP contribution in [0.25, 0.3) is 10.6 Å². The highest BCUT2D eigenvalue weighted by atomic mass is 32.1. The highest BCUT2D eigenvalue weighted by Crippen LogP contribution is 2.26. The molecule has 2 aromatic rings. The number of carbonyl (C=O) groups is 1. The monoisotopic (exact) mass is 397 g/mol. The minimum atomic E-state index is 0.312. The topological polar surface area (TPSA) is 45.7 Å². The number of methoxy groups -OCH3 is 1. The third-order valence-corrected chi connectivity index (χ3v) is 6.49. The van der Waals surface area contributed by atoms with Gasteiger partial charge in [-0.05, 0) is 43.0 Å². The molecule has 1 amide bonds. The van der Waals surface area contributed by atoms with E-state index in [1.54, 1.807) is 18.4 Å². The third kappa shape index (κ3) is 4.62. The van der Waals surface area contributed by atoms with Gasteiger partial charge in [0.25, 0.3) is 0 Å². The Morgan fingerprint density at radius 3 is 2.68 bits per heavy atom. The van der Waals surface area contributed by atoms with Crippen LogP contribution in [0.3, 0.4) is 0 Å². The Bertz CT molecular complexity index is 823. The van der Waals surface area contributed by atoms with Crippen molar-refractivity contribution in [3.63, 3.8) is 0 Å². The number of aromatic nitrogens is 1. The van der Waals surface area contributed by atoms with Crippen molar-refractivity contribution in [2.75, 3.05) is 33.3 Å². The second kappa shape index (κ2) is 8.88. The Kier molecular flexibility index (Phi) is 6.07. The summed E-state index contributed by atoms with van der Waals surface area (Å²) in [4.78, 5) is 21.7. The molecule has 1 aromatic carbocycles. The molecule has 0 spiro atoms. The number of thiazole rings is 1. The first kappa shape index (κ1) is 19.2. The first-order chi connectivity index (χ1) is 13.7. The molecule has 0 radical (unpaired) electrons. The summed E-state index contributed by atoms with van der Waals surface area (Å²) in [6.45, 7) is 4.33. The molecule has 1 atom stereocenters. The number of allylic oxidation sites excluding steroid dienone is 2. The molecular weight excluding hydrogens is 370 g/mol. The molecule has 1 aliphatic carbocycles. The lowest BCUT2D eigenvalue weighted by Crippen LogP contribution is -2.48. The molecule has 0 unspecified atom stereocenters. The number of piperazine rings is 1. The minimum absolute atomic E-state index is 0.312. The molecule has 2 heterocycles. The Morgan fingerprint density at radius 2 is 2.00 bits per heavy atom. The lowest BCUT2D eigenvalue weighted by Gasteiger charge is -2.34. The highest BCUT2D eigenvalue weighted by molar-refractivity contribution is 7.13. The van der Waals surface area contributed by atoms with Crippen LogP contribution < -0.4 is 4.74 Å². The van der Waals surface area contributed by atoms with E-state index in [0.29, 0.717) is 18.2 Å². The second-order valence-electron chi connectivity index (χ2n) is 7.50. The number of rotatable bonds is 6. The van der Waals surface area contributed by atoms with E-state index < -0.39 is 0 Å². The molecule has 148 valence electrons. The van der Waals surface area contributed by atoms with Gasteiger partial charge in [-0.25, -0.2) is 4.98 Å². The van der Waals surface area contributed by atoms with Crippen LogP contribution in [0.4, 0.5) is 0 Å². The molecule has 4 rings (SSSR count). The highest BCUT2D eigenvalue weighted by Gasteiger charge is 2.24. The van der Waals surface area contributed by atoms with Crippen molar-refractivity contribution in [3.05, 3.63) is 47.5 Å². The quantitative estimate of drug-likeness (QED) is 0.695. The molecule has 0 N–H and O–H groups in total. The average Bonchev–Trinajstić information content (AvgIpc) is 3.41. The van der Waals surface area contributed by atoms with Crippen molar-refractivity contribution in [1.82, 2.24) is 14.8 Å². The zero-order valence-corrected chi connectivity index (χ0v) is 17.2. The molecule has 1 aliphatic heterocycles. The molecule has 0 saturated carbocycles. The Labute approximate surface area is 170 Å². The van der Waals surface area contributed by atoms with E-state index in [1.165, 1.54) is 0 Å². The minimum Gasteiger partial charge on any atom is -0.497 e. The van der Waals surface area contributed by atoms with E-state index in [4.69, 9.17) is 9.72 Å². The number of hydrogen-bond acceptors (Lipinski definition) is 5. The Hall–Kier alpha value is -2.18. The largest absolute Gasteiger partial charge is 0.497 e. The normalized spacial score (nSPS) is 19.9. The van der Waals surface area contributed by atoms with Crippen LogP contribution in [0, 0.1) is 5.92 Å². The molecule has 1 fully saturated rings. The zero-order chi connectivity index (χ0) is 19.3. The van der Waals surface area contributed by atoms with Gasteiger partial charge < -0.3 is 9.64 Å². The molecule has 0 bridgehead atoms. The molecule has 1 aromatic heterocycles. The van der Waals surface area contributed by atoms with E-state index >= 15 is 0 Å². The van der Waals surface area contributed by atoms with Crippen molar-refractivity contribution in [3.8, 4) is 16.3 Å². The number of hydrogen-bond donors (Lipinski definition) is 0. The predicted molar refractivity (Wildman–Crippen MR) is 112 cm³/mol. The lowest BCUT2D eigenvalue weighted by atomic mass is 10.0. The van der Waals surface area contributed by atoms with Gasteiger partial charge in [-0.2, -0.15) is 0 Å². The zero-order valence-electron chi connectivity index (χ0n) is 16.3. The SMILES string of the molecule is COc1ccc(-c2nc(CN3CCN(C(=O)C[C@@H]4C=CCC4)CC3)cs2)cc1. The van der Waals surface area contributed by atoms with Gasteiger partial charge in [-0.1, -0.05) is 12.2 Å². The van der Waals surface area contributed by atoms with Crippen LogP contribution in [0.15, 0.2) is 41.8 Å². The van der Waals surface area contributed by atoms with Gasteiger partial charge in [-0.3, -0.25) is 9.69 Å². The summed E-state index contributed by atoms with van der Waals surface area (Å²) in [7, 11) is 1.68. The summed E-state index contributed by atoms with van der Waals surface area (Å²) in [5.41, 5.74) is 2.22. The summed E-state index contributed by atoms with van der Waals surface area (Å²) in [5.74, 6) is 1.63. The first-order valence-corrected chi connectivity index (χ1v) is 10.8. The summed E-state index contributed by atoms with van der Waals surface area (Å²) >= 11 is 1.68. The molecule has 28 heavy (non-hydrogen) atoms. The van der Waals surface area contributed by atoms with Crippen LogP contribution >= 0.6 is 11.3 Å². The Balaban J connectivity index is 1.27. The fourth-order valence-corrected chi connectivity index (χ4v) is 4.67. The number of benzene rings is 1. The van der Waals surface area contributed by atoms with E-state index in [1.807, 2.05) is 29.2 Å². The van der Waals surface area contributed by atoms with Crippen molar-refractivity contribution in [1.29, 1.82) is 0 Å². The van der Waals surface area contributed by atoms with Crippen LogP contribution in [-0.4, -0.2) is 54.0 Å². The average molecular weight is 398 g/mol. The fraction of sp³-hybridized carbons (Fsp3) is 0.455. The number of nitrogens with zero attached hydrogens (tertiary/aromatic N) is 3. The molecular formula is C22H27N3O2S. The van der Waals surface area contributed by atoms with Crippen molar-refractivity contribution >= 4 is 17.2 Å². The first-order valence-electron chi connectivity index (χ1n) is 9.97. The standard InChI is InChI=1S/C22H27N3O2S/c1-27-20-8-6-18(7-9-20)22-23-19(16-28-22)15-24-10-12-25(13-11-24)21(26)14-17-4-2-3-5-17/h2,4,6-9,16-17H,3,5,10-15H2,1H3/t17-/m1/s1. The maximum Gasteiger partial charge on any atom is 0.223 e. The summed E-state index contributed by atoms with van der Waals surface area (Å²) in [5, 5.41) is 3.18. The maximum atomic E-state index is 12.5. The van der Waals surface area contributed by atoms with Crippen LogP contribution in [0.1, 0.15) is 25.0 Å². The summed E-state index contributed by atoms with van der Waals surface area (Å²) in [6.07, 6.45) is 7.33. The van der Waals surface area contributed by atoms with Crippen molar-refractivity contribution in [2.45, 2.75) is 25.8 Å². The molecule has 6 heteroatoms. The van der Waals surface area contributed by atoms with Gasteiger partial charge in [0.05, 0.1) is 12.8 Å². The van der Waals surface area contributed by atoms with Gasteiger partial charge in [0, 0.05) is 50.1 Å². The fourth-order valence-electron chi connectivity index (χ4n) is 3.85. The van der Waals surface area contributed by atoms with Crippen molar-refractivity contribution < 1.29 is 9.53 Å². The summed E-state index contributed by atoms with van der Waals surface area (Å²) in [6, 6.07) is 8.03. The van der Waals surface area contributed by atoms with Gasteiger partial charge >= 0.3 is 0 Å². The van der Waals surface area contributed by atoms with Crippen molar-refractivity contribution in [2.24, 2.45) is 5.92 Å². The third-order valence-electron chi connectivity index (χ3n) is 5.55. The van der Waals surface area contributed by atoms with Gasteiger partial charge in [-0.15, -0.1) is 11.3 Å². The molecule has 1 saturated heterocycles. The number of amides is 1. The maximum absolute atomic E-state index is 12.5. The predicted octanol–water partition coefficient (Wildman–Crippen LogP) is 3.82. The van der Waals surface area contributed by atoms with Gasteiger partial charge in [0.2, 0.25) is 5.91 Å². The van der Waals surface area contributed by atoms with Gasteiger partial charge in [0.1, 0.15) is 10.8 Å². The lowest BCUT2D eigenvalue weighted by molar-refractivity contribution is -0.133. The summed E-state index contributed by atoms with van der Waals surface area (Å²) < 4.78 is 5.22. The number of carbonyl (C=O) groups excluding carboxylic acids is 1. The second-order valence-corrected chi connectivity index (χ2v) is 8.36. The van der Waals surface area contributed by atoms with E-state index in [2.05, 4.69) is 22.4 Å². The smallest absolute Gasteiger partial charge is 0.223 e. The number of ether oxygens (including phenoxy) is 1. The van der Waals surface area contributed by atoms with E-state index in [-0.39, 0.29) is 0 Å².